The van der Waals surface area contributed by atoms with Gasteiger partial charge in [0.25, 0.3) is 5.91 Å². The molecule has 9 heteroatoms. The maximum atomic E-state index is 13.0. The molecule has 0 unspecified atom stereocenters. The maximum Gasteiger partial charge on any atom is 0.418 e. The Morgan fingerprint density at radius 3 is 2.32 bits per heavy atom. The van der Waals surface area contributed by atoms with Gasteiger partial charge in [0.2, 0.25) is 5.91 Å². The van der Waals surface area contributed by atoms with Crippen LogP contribution in [0.3, 0.4) is 0 Å². The van der Waals surface area contributed by atoms with Crippen molar-refractivity contribution in [1.82, 2.24) is 15.5 Å². The Morgan fingerprint density at radius 1 is 1.00 bits per heavy atom. The van der Waals surface area contributed by atoms with E-state index in [-0.39, 0.29) is 24.1 Å². The molecule has 0 atom stereocenters. The van der Waals surface area contributed by atoms with E-state index in [1.54, 1.807) is 0 Å². The highest BCUT2D eigenvalue weighted by molar-refractivity contribution is 5.97. The normalized spacial score (nSPS) is 21.5. The molecule has 4 rings (SSSR count). The van der Waals surface area contributed by atoms with Crippen LogP contribution in [0.25, 0.3) is 0 Å². The van der Waals surface area contributed by atoms with Crippen LogP contribution >= 0.6 is 0 Å². The number of rotatable bonds is 6. The van der Waals surface area contributed by atoms with Crippen molar-refractivity contribution in [3.63, 3.8) is 0 Å². The topological polar surface area (TPSA) is 87.5 Å². The molecule has 1 aliphatic heterocycles. The van der Waals surface area contributed by atoms with Gasteiger partial charge in [0, 0.05) is 30.4 Å². The number of nitrogen functional groups attached to an aromatic ring is 1. The first-order chi connectivity index (χ1) is 16.2. The summed E-state index contributed by atoms with van der Waals surface area (Å²) in [7, 11) is 0. The van der Waals surface area contributed by atoms with Crippen LogP contribution in [0, 0.1) is 0 Å². The van der Waals surface area contributed by atoms with E-state index in [2.05, 4.69) is 39.8 Å². The van der Waals surface area contributed by atoms with Gasteiger partial charge in [0.15, 0.2) is 0 Å². The monoisotopic (exact) mass is 474 g/mol. The lowest BCUT2D eigenvalue weighted by Gasteiger charge is -2.46. The van der Waals surface area contributed by atoms with Gasteiger partial charge in [0.05, 0.1) is 18.2 Å². The lowest BCUT2D eigenvalue weighted by atomic mass is 9.80. The van der Waals surface area contributed by atoms with Crippen molar-refractivity contribution < 1.29 is 22.8 Å². The molecule has 2 aromatic carbocycles. The van der Waals surface area contributed by atoms with E-state index in [9.17, 15) is 22.8 Å². The van der Waals surface area contributed by atoms with Gasteiger partial charge in [-0.25, -0.2) is 0 Å². The summed E-state index contributed by atoms with van der Waals surface area (Å²) in [5.74, 6) is -0.505. The number of nitrogens with zero attached hydrogens (tertiary/aromatic N) is 1. The van der Waals surface area contributed by atoms with Crippen LogP contribution in [0.5, 0.6) is 0 Å². The van der Waals surface area contributed by atoms with Crippen molar-refractivity contribution in [2.24, 2.45) is 0 Å². The van der Waals surface area contributed by atoms with E-state index in [0.717, 1.165) is 44.8 Å². The molecule has 6 nitrogen and oxygen atoms in total. The molecule has 0 spiro atoms. The second-order valence-electron chi connectivity index (χ2n) is 9.12. The Kier molecular flexibility index (Phi) is 7.11. The van der Waals surface area contributed by atoms with Crippen molar-refractivity contribution in [1.29, 1.82) is 0 Å². The molecule has 0 bridgehead atoms. The fourth-order valence-electron chi connectivity index (χ4n) is 4.89. The largest absolute Gasteiger partial charge is 0.418 e. The third-order valence-corrected chi connectivity index (χ3v) is 6.79. The number of anilines is 1. The summed E-state index contributed by atoms with van der Waals surface area (Å²) < 4.78 is 38.9. The number of hydrogen-bond donors (Lipinski definition) is 3. The number of nitrogens with two attached hydrogens (primary N) is 1. The molecular weight excluding hydrogens is 445 g/mol. The third-order valence-electron chi connectivity index (χ3n) is 6.79. The fraction of sp³-hybridized carbons (Fsp3) is 0.440. The van der Waals surface area contributed by atoms with Crippen LogP contribution in [0.2, 0.25) is 0 Å². The highest BCUT2D eigenvalue weighted by atomic mass is 19.4. The van der Waals surface area contributed by atoms with E-state index in [1.165, 1.54) is 11.6 Å². The first-order valence-electron chi connectivity index (χ1n) is 11.5. The molecule has 4 N–H and O–H groups in total. The van der Waals surface area contributed by atoms with E-state index < -0.39 is 23.3 Å². The molecule has 2 aromatic rings. The number of nitrogens with one attached hydrogen (secondary N) is 2. The first kappa shape index (κ1) is 24.1. The number of likely N-dealkylation sites (tertiary alicyclic amines) is 1. The molecule has 0 radical (unpaired) electrons. The van der Waals surface area contributed by atoms with Gasteiger partial charge in [-0.15, -0.1) is 0 Å². The minimum atomic E-state index is -4.66. The molecule has 2 aliphatic rings. The zero-order valence-corrected chi connectivity index (χ0v) is 18.8. The van der Waals surface area contributed by atoms with Crippen LogP contribution < -0.4 is 16.4 Å². The van der Waals surface area contributed by atoms with Crippen LogP contribution in [-0.4, -0.2) is 48.4 Å². The van der Waals surface area contributed by atoms with Gasteiger partial charge in [-0.05, 0) is 55.4 Å². The van der Waals surface area contributed by atoms with Gasteiger partial charge in [-0.3, -0.25) is 14.5 Å². The molecule has 1 saturated heterocycles. The number of alkyl halides is 3. The summed E-state index contributed by atoms with van der Waals surface area (Å²) in [6.07, 6.45) is -0.0605. The molecule has 34 heavy (non-hydrogen) atoms. The van der Waals surface area contributed by atoms with Crippen molar-refractivity contribution in [3.05, 3.63) is 65.2 Å². The first-order valence-corrected chi connectivity index (χ1v) is 11.5. The summed E-state index contributed by atoms with van der Waals surface area (Å²) in [6.45, 7) is 1.24. The van der Waals surface area contributed by atoms with Gasteiger partial charge in [-0.1, -0.05) is 30.3 Å². The average molecular weight is 475 g/mol. The van der Waals surface area contributed by atoms with Crippen molar-refractivity contribution in [2.75, 3.05) is 25.4 Å². The molecule has 2 fully saturated rings. The lowest BCUT2D eigenvalue weighted by molar-refractivity contribution is -0.137. The number of hydrogen-bond acceptors (Lipinski definition) is 4. The smallest absolute Gasteiger partial charge is 0.398 e. The predicted octanol–water partition coefficient (Wildman–Crippen LogP) is 3.54. The Morgan fingerprint density at radius 2 is 1.68 bits per heavy atom. The molecule has 0 aromatic heterocycles. The van der Waals surface area contributed by atoms with Crippen molar-refractivity contribution >= 4 is 17.5 Å². The zero-order chi connectivity index (χ0) is 24.3. The Bertz CT molecular complexity index is 1010. The van der Waals surface area contributed by atoms with E-state index in [0.29, 0.717) is 18.0 Å². The van der Waals surface area contributed by atoms with E-state index in [1.807, 2.05) is 6.07 Å². The third kappa shape index (κ3) is 5.70. The molecule has 1 saturated carbocycles. The quantitative estimate of drug-likeness (QED) is 0.559. The zero-order valence-electron chi connectivity index (χ0n) is 18.8. The molecule has 1 aliphatic carbocycles. The molecule has 1 heterocycles. The number of carbonyl (C=O) groups excluding carboxylic acids is 2. The average Bonchev–Trinajstić information content (AvgIpc) is 2.80. The van der Waals surface area contributed by atoms with Crippen molar-refractivity contribution in [3.8, 4) is 0 Å². The minimum Gasteiger partial charge on any atom is -0.398 e. The summed E-state index contributed by atoms with van der Waals surface area (Å²) in [5.41, 5.74) is 5.04. The second-order valence-corrected chi connectivity index (χ2v) is 9.12. The number of amides is 2. The number of halogens is 3. The molecule has 182 valence electrons. The predicted molar refractivity (Wildman–Crippen MR) is 123 cm³/mol. The van der Waals surface area contributed by atoms with Crippen LogP contribution in [0.4, 0.5) is 18.9 Å². The summed E-state index contributed by atoms with van der Waals surface area (Å²) in [4.78, 5) is 26.8. The fourth-order valence-corrected chi connectivity index (χ4v) is 4.89. The molecular formula is C25H29F3N4O2. The van der Waals surface area contributed by atoms with Gasteiger partial charge >= 0.3 is 6.18 Å². The van der Waals surface area contributed by atoms with Gasteiger partial charge in [-0.2, -0.15) is 13.2 Å². The Labute approximate surface area is 196 Å². The maximum absolute atomic E-state index is 13.0. The number of benzene rings is 2. The summed E-state index contributed by atoms with van der Waals surface area (Å²) >= 11 is 0. The number of carbonyl (C=O) groups is 2. The van der Waals surface area contributed by atoms with Crippen LogP contribution in [0.1, 0.15) is 53.1 Å². The standard InChI is InChI=1S/C25H29F3N4O2/c26-25(27,28)21-12-18(8-11-22(21)29)24(34)30-13-23(33)31-19-14-32(15-19)20-9-6-17(7-10-20)16-4-2-1-3-5-16/h1-5,8,11-12,17,19-20H,6-7,9-10,13-15,29H2,(H,30,34)(H,31,33)/t17-,20+. The van der Waals surface area contributed by atoms with E-state index >= 15 is 0 Å². The van der Waals surface area contributed by atoms with Gasteiger partial charge in [0.1, 0.15) is 0 Å². The SMILES string of the molecule is Nc1ccc(C(=O)NCC(=O)NC2CN([C@H]3CC[C@@H](c4ccccc4)CC3)C2)cc1C(F)(F)F. The Balaban J connectivity index is 1.17. The van der Waals surface area contributed by atoms with Crippen molar-refractivity contribution in [2.45, 2.75) is 49.9 Å². The van der Waals surface area contributed by atoms with E-state index in [4.69, 9.17) is 5.73 Å². The van der Waals surface area contributed by atoms with Crippen LogP contribution in [-0.2, 0) is 11.0 Å². The summed E-state index contributed by atoms with van der Waals surface area (Å²) in [5, 5.41) is 5.25. The second kappa shape index (κ2) is 10.0. The highest BCUT2D eigenvalue weighted by Gasteiger charge is 2.36. The lowest BCUT2D eigenvalue weighted by Crippen LogP contribution is -2.63. The van der Waals surface area contributed by atoms with Crippen LogP contribution in [0.15, 0.2) is 48.5 Å². The molecule has 2 amide bonds. The summed E-state index contributed by atoms with van der Waals surface area (Å²) in [6, 6.07) is 14.1. The minimum absolute atomic E-state index is 0.0182. The Hall–Kier alpha value is -3.07. The van der Waals surface area contributed by atoms with Gasteiger partial charge < -0.3 is 16.4 Å². The highest BCUT2D eigenvalue weighted by Crippen LogP contribution is 2.36.